The van der Waals surface area contributed by atoms with Crippen molar-refractivity contribution >= 4 is 0 Å². The fourth-order valence-corrected chi connectivity index (χ4v) is 7.47. The standard InChI is InChI=1S/2C15H26.C6H10/c2*1-3-13-6-10-15(11-7-13)14-8-4-12(2)5-9-14;1-3-5-6-4-2/h2*3,12-15H,1,4-11H2,2H3;3-4H2,1-2H3. The second-order valence-electron chi connectivity index (χ2n) is 12.9. The van der Waals surface area contributed by atoms with E-state index >= 15 is 0 Å². The highest BCUT2D eigenvalue weighted by Crippen LogP contribution is 2.42. The Kier molecular flexibility index (Phi) is 15.9. The molecule has 4 saturated carbocycles. The molecule has 4 fully saturated rings. The average molecular weight is 495 g/mol. The third kappa shape index (κ3) is 11.6. The molecular formula is C36H62. The molecule has 36 heavy (non-hydrogen) atoms. The van der Waals surface area contributed by atoms with Crippen molar-refractivity contribution in [3.63, 3.8) is 0 Å². The Labute approximate surface area is 227 Å². The van der Waals surface area contributed by atoms with E-state index in [1.165, 1.54) is 103 Å². The molecule has 0 aromatic heterocycles. The Morgan fingerprint density at radius 1 is 0.472 bits per heavy atom. The molecule has 0 amide bonds. The van der Waals surface area contributed by atoms with Gasteiger partial charge in [0.25, 0.3) is 0 Å². The molecule has 0 aliphatic heterocycles. The lowest BCUT2D eigenvalue weighted by molar-refractivity contribution is 0.160. The molecule has 4 aliphatic carbocycles. The van der Waals surface area contributed by atoms with Crippen LogP contribution in [0.3, 0.4) is 0 Å². The number of allylic oxidation sites excluding steroid dienone is 2. The Morgan fingerprint density at radius 3 is 0.944 bits per heavy atom. The van der Waals surface area contributed by atoms with Gasteiger partial charge >= 0.3 is 0 Å². The lowest BCUT2D eigenvalue weighted by atomic mass is 9.69. The van der Waals surface area contributed by atoms with Crippen molar-refractivity contribution in [1.29, 1.82) is 0 Å². The summed E-state index contributed by atoms with van der Waals surface area (Å²) in [5, 5.41) is 0. The summed E-state index contributed by atoms with van der Waals surface area (Å²) in [5.41, 5.74) is 0. The zero-order chi connectivity index (χ0) is 26.2. The normalized spacial score (nSPS) is 36.4. The second-order valence-corrected chi connectivity index (χ2v) is 12.9. The summed E-state index contributed by atoms with van der Waals surface area (Å²) in [4.78, 5) is 0. The molecule has 0 nitrogen and oxygen atoms in total. The van der Waals surface area contributed by atoms with E-state index in [0.717, 1.165) is 60.2 Å². The van der Waals surface area contributed by atoms with Gasteiger partial charge in [0.2, 0.25) is 0 Å². The molecule has 0 bridgehead atoms. The second kappa shape index (κ2) is 18.3. The van der Waals surface area contributed by atoms with Gasteiger partial charge in [-0.3, -0.25) is 0 Å². The van der Waals surface area contributed by atoms with Gasteiger partial charge in [-0.25, -0.2) is 0 Å². The van der Waals surface area contributed by atoms with E-state index in [0.29, 0.717) is 0 Å². The molecule has 0 saturated heterocycles. The van der Waals surface area contributed by atoms with Gasteiger partial charge in [-0.05, 0) is 124 Å². The molecule has 4 aliphatic rings. The van der Waals surface area contributed by atoms with Crippen LogP contribution in [0.1, 0.15) is 143 Å². The molecule has 0 aromatic rings. The monoisotopic (exact) mass is 494 g/mol. The number of hydrogen-bond acceptors (Lipinski definition) is 0. The molecule has 0 N–H and O–H groups in total. The van der Waals surface area contributed by atoms with Gasteiger partial charge in [0.05, 0.1) is 0 Å². The fourth-order valence-electron chi connectivity index (χ4n) is 7.47. The van der Waals surface area contributed by atoms with E-state index in [1.54, 1.807) is 0 Å². The first-order valence-corrected chi connectivity index (χ1v) is 16.2. The minimum absolute atomic E-state index is 0.837. The van der Waals surface area contributed by atoms with Crippen LogP contribution in [0.25, 0.3) is 0 Å². The first kappa shape index (κ1) is 31.3. The lowest BCUT2D eigenvalue weighted by Gasteiger charge is -2.36. The first-order chi connectivity index (χ1) is 17.5. The van der Waals surface area contributed by atoms with Crippen LogP contribution in [0, 0.1) is 59.2 Å². The van der Waals surface area contributed by atoms with Gasteiger partial charge in [-0.2, -0.15) is 0 Å². The van der Waals surface area contributed by atoms with Gasteiger partial charge < -0.3 is 0 Å². The van der Waals surface area contributed by atoms with E-state index in [4.69, 9.17) is 0 Å². The third-order valence-electron chi connectivity index (χ3n) is 10.2. The largest absolute Gasteiger partial charge is 0.104 e. The minimum atomic E-state index is 0.837. The quantitative estimate of drug-likeness (QED) is 0.269. The predicted octanol–water partition coefficient (Wildman–Crippen LogP) is 11.4. The fraction of sp³-hybridized carbons (Fsp3) is 0.833. The number of hydrogen-bond donors (Lipinski definition) is 0. The maximum Gasteiger partial charge on any atom is 0.00602 e. The molecule has 0 atom stereocenters. The van der Waals surface area contributed by atoms with Crippen molar-refractivity contribution in [3.8, 4) is 11.8 Å². The molecule has 206 valence electrons. The van der Waals surface area contributed by atoms with Crippen molar-refractivity contribution < 1.29 is 0 Å². The highest BCUT2D eigenvalue weighted by molar-refractivity contribution is 4.96. The van der Waals surface area contributed by atoms with Crippen LogP contribution in [0.4, 0.5) is 0 Å². The van der Waals surface area contributed by atoms with E-state index in [1.807, 2.05) is 0 Å². The first-order valence-electron chi connectivity index (χ1n) is 16.2. The Bertz CT molecular complexity index is 561. The van der Waals surface area contributed by atoms with Gasteiger partial charge in [0.15, 0.2) is 0 Å². The zero-order valence-electron chi connectivity index (χ0n) is 24.9. The zero-order valence-corrected chi connectivity index (χ0v) is 24.9. The molecule has 0 aromatic carbocycles. The summed E-state index contributed by atoms with van der Waals surface area (Å²) < 4.78 is 0. The highest BCUT2D eigenvalue weighted by atomic mass is 14.4. The van der Waals surface area contributed by atoms with E-state index in [-0.39, 0.29) is 0 Å². The maximum absolute atomic E-state index is 3.93. The van der Waals surface area contributed by atoms with Crippen LogP contribution in [-0.4, -0.2) is 0 Å². The Balaban J connectivity index is 0.000000208. The van der Waals surface area contributed by atoms with Crippen LogP contribution in [0.15, 0.2) is 25.3 Å². The molecule has 0 unspecified atom stereocenters. The molecule has 0 heteroatoms. The van der Waals surface area contributed by atoms with Gasteiger partial charge in [0, 0.05) is 12.8 Å². The van der Waals surface area contributed by atoms with E-state index in [9.17, 15) is 0 Å². The smallest absolute Gasteiger partial charge is 0.00602 e. The molecular weight excluding hydrogens is 432 g/mol. The van der Waals surface area contributed by atoms with Crippen LogP contribution in [0.5, 0.6) is 0 Å². The van der Waals surface area contributed by atoms with Crippen LogP contribution in [-0.2, 0) is 0 Å². The van der Waals surface area contributed by atoms with Crippen LogP contribution < -0.4 is 0 Å². The molecule has 0 radical (unpaired) electrons. The van der Waals surface area contributed by atoms with Crippen LogP contribution in [0.2, 0.25) is 0 Å². The summed E-state index contributed by atoms with van der Waals surface area (Å²) in [5.74, 6) is 13.9. The molecule has 4 rings (SSSR count). The topological polar surface area (TPSA) is 0 Å². The van der Waals surface area contributed by atoms with Crippen molar-refractivity contribution in [2.45, 2.75) is 143 Å². The van der Waals surface area contributed by atoms with E-state index < -0.39 is 0 Å². The third-order valence-corrected chi connectivity index (χ3v) is 10.2. The van der Waals surface area contributed by atoms with Crippen molar-refractivity contribution in [1.82, 2.24) is 0 Å². The summed E-state index contributed by atoms with van der Waals surface area (Å²) in [6.45, 7) is 16.8. The van der Waals surface area contributed by atoms with E-state index in [2.05, 4.69) is 64.8 Å². The van der Waals surface area contributed by atoms with Crippen LogP contribution >= 0.6 is 0 Å². The van der Waals surface area contributed by atoms with Crippen molar-refractivity contribution in [2.24, 2.45) is 47.3 Å². The molecule has 0 spiro atoms. The summed E-state index contributed by atoms with van der Waals surface area (Å²) >= 11 is 0. The summed E-state index contributed by atoms with van der Waals surface area (Å²) in [7, 11) is 0. The van der Waals surface area contributed by atoms with Crippen molar-refractivity contribution in [2.75, 3.05) is 0 Å². The minimum Gasteiger partial charge on any atom is -0.104 e. The maximum atomic E-state index is 3.93. The number of rotatable bonds is 4. The van der Waals surface area contributed by atoms with Gasteiger partial charge in [-0.15, -0.1) is 25.0 Å². The van der Waals surface area contributed by atoms with Gasteiger partial charge in [0.1, 0.15) is 0 Å². The highest BCUT2D eigenvalue weighted by Gasteiger charge is 2.30. The SMILES string of the molecule is C=CC1CCC(C2CCC(C)CC2)CC1.C=CC1CCC(C2CCC(C)CC2)CC1.CCC#CCC. The molecule has 0 heterocycles. The lowest BCUT2D eigenvalue weighted by Crippen LogP contribution is -2.24. The average Bonchev–Trinajstić information content (AvgIpc) is 2.93. The van der Waals surface area contributed by atoms with Crippen molar-refractivity contribution in [3.05, 3.63) is 25.3 Å². The summed E-state index contributed by atoms with van der Waals surface area (Å²) in [6.07, 6.45) is 30.0. The Hall–Kier alpha value is -0.960. The van der Waals surface area contributed by atoms with Gasteiger partial charge in [-0.1, -0.05) is 65.5 Å². The predicted molar refractivity (Wildman–Crippen MR) is 162 cm³/mol. The Morgan fingerprint density at radius 2 is 0.722 bits per heavy atom. The summed E-state index contributed by atoms with van der Waals surface area (Å²) in [6, 6.07) is 0.